The van der Waals surface area contributed by atoms with E-state index in [4.69, 9.17) is 0 Å². The lowest BCUT2D eigenvalue weighted by Crippen LogP contribution is -2.17. The Labute approximate surface area is 101 Å². The average Bonchev–Trinajstić information content (AvgIpc) is 2.27. The fourth-order valence-electron chi connectivity index (χ4n) is 2.09. The summed E-state index contributed by atoms with van der Waals surface area (Å²) in [4.78, 5) is 23.7. The van der Waals surface area contributed by atoms with Gasteiger partial charge in [0.15, 0.2) is 11.6 Å². The zero-order chi connectivity index (χ0) is 12.6. The van der Waals surface area contributed by atoms with Gasteiger partial charge >= 0.3 is 0 Å². The van der Waals surface area contributed by atoms with Gasteiger partial charge in [-0.05, 0) is 38.0 Å². The summed E-state index contributed by atoms with van der Waals surface area (Å²) in [6.45, 7) is 5.22. The molecule has 1 aromatic carbocycles. The molecule has 0 spiro atoms. The van der Waals surface area contributed by atoms with Gasteiger partial charge in [-0.3, -0.25) is 9.59 Å². The summed E-state index contributed by atoms with van der Waals surface area (Å²) in [5, 5.41) is 0. The molecule has 0 bridgehead atoms. The molecule has 2 heteroatoms. The van der Waals surface area contributed by atoms with Gasteiger partial charge in [-0.1, -0.05) is 29.8 Å². The van der Waals surface area contributed by atoms with Crippen molar-refractivity contribution in [3.05, 3.63) is 46.5 Å². The number of rotatable bonds is 1. The second-order valence-corrected chi connectivity index (χ2v) is 4.41. The van der Waals surface area contributed by atoms with Crippen LogP contribution < -0.4 is 0 Å². The van der Waals surface area contributed by atoms with Crippen LogP contribution in [0.5, 0.6) is 0 Å². The number of allylic oxidation sites excluding steroid dienone is 3. The minimum Gasteiger partial charge on any atom is -0.294 e. The van der Waals surface area contributed by atoms with Crippen LogP contribution >= 0.6 is 0 Å². The number of ketones is 2. The van der Waals surface area contributed by atoms with E-state index in [0.717, 1.165) is 16.7 Å². The number of carbonyl (C=O) groups excluding carboxylic acids is 2. The van der Waals surface area contributed by atoms with E-state index in [2.05, 4.69) is 0 Å². The van der Waals surface area contributed by atoms with E-state index in [1.807, 2.05) is 38.1 Å². The molecule has 0 saturated heterocycles. The molecule has 0 unspecified atom stereocenters. The summed E-state index contributed by atoms with van der Waals surface area (Å²) in [7, 11) is 0. The largest absolute Gasteiger partial charge is 0.294 e. The van der Waals surface area contributed by atoms with Crippen molar-refractivity contribution in [3.63, 3.8) is 0 Å². The maximum Gasteiger partial charge on any atom is 0.197 e. The van der Waals surface area contributed by atoms with Crippen LogP contribution in [0, 0.1) is 0 Å². The van der Waals surface area contributed by atoms with Gasteiger partial charge in [-0.25, -0.2) is 0 Å². The minimum absolute atomic E-state index is 0.156. The standard InChI is InChI=1S/C15H14O2/c1-9(2)14-12-7-5-4-6-11(12)8-13(10(3)16)15(14)17/h4-8H,1-3H3. The molecule has 0 atom stereocenters. The molecule has 2 rings (SSSR count). The average molecular weight is 226 g/mol. The van der Waals surface area contributed by atoms with Crippen LogP contribution in [0.4, 0.5) is 0 Å². The van der Waals surface area contributed by atoms with Crippen molar-refractivity contribution in [1.29, 1.82) is 0 Å². The van der Waals surface area contributed by atoms with E-state index in [1.54, 1.807) is 6.08 Å². The zero-order valence-corrected chi connectivity index (χ0v) is 10.2. The predicted octanol–water partition coefficient (Wildman–Crippen LogP) is 3.04. The highest BCUT2D eigenvalue weighted by atomic mass is 16.1. The third kappa shape index (κ3) is 1.86. The normalized spacial score (nSPS) is 14.2. The number of Topliss-reactive ketones (excluding diaryl/α,β-unsaturated/α-hetero) is 2. The molecule has 86 valence electrons. The van der Waals surface area contributed by atoms with E-state index in [1.165, 1.54) is 6.92 Å². The third-order valence-electron chi connectivity index (χ3n) is 2.88. The lowest BCUT2D eigenvalue weighted by atomic mass is 9.83. The van der Waals surface area contributed by atoms with Gasteiger partial charge < -0.3 is 0 Å². The summed E-state index contributed by atoms with van der Waals surface area (Å²) in [6.07, 6.45) is 1.69. The highest BCUT2D eigenvalue weighted by molar-refractivity contribution is 6.42. The van der Waals surface area contributed by atoms with Crippen LogP contribution in [0.25, 0.3) is 11.6 Å². The van der Waals surface area contributed by atoms with Crippen molar-refractivity contribution < 1.29 is 9.59 Å². The van der Waals surface area contributed by atoms with E-state index < -0.39 is 0 Å². The van der Waals surface area contributed by atoms with Gasteiger partial charge in [0.1, 0.15) is 0 Å². The van der Waals surface area contributed by atoms with E-state index >= 15 is 0 Å². The van der Waals surface area contributed by atoms with Crippen LogP contribution in [0.3, 0.4) is 0 Å². The van der Waals surface area contributed by atoms with Gasteiger partial charge in [0, 0.05) is 5.57 Å². The first-order valence-corrected chi connectivity index (χ1v) is 5.56. The van der Waals surface area contributed by atoms with Crippen molar-refractivity contribution in [2.24, 2.45) is 0 Å². The van der Waals surface area contributed by atoms with Gasteiger partial charge in [0.25, 0.3) is 0 Å². The SMILES string of the molecule is CC(=O)C1=Cc2ccccc2C(=C(C)C)C1=O. The summed E-state index contributed by atoms with van der Waals surface area (Å²) in [5.41, 5.74) is 3.73. The Morgan fingerprint density at radius 3 is 2.29 bits per heavy atom. The van der Waals surface area contributed by atoms with E-state index in [0.29, 0.717) is 5.57 Å². The quantitative estimate of drug-likeness (QED) is 0.545. The minimum atomic E-state index is -0.178. The lowest BCUT2D eigenvalue weighted by molar-refractivity contribution is -0.117. The Balaban J connectivity index is 2.77. The highest BCUT2D eigenvalue weighted by Gasteiger charge is 2.26. The van der Waals surface area contributed by atoms with Gasteiger partial charge in [-0.2, -0.15) is 0 Å². The van der Waals surface area contributed by atoms with Crippen molar-refractivity contribution >= 4 is 23.2 Å². The van der Waals surface area contributed by atoms with Crippen molar-refractivity contribution in [3.8, 4) is 0 Å². The Kier molecular flexibility index (Phi) is 2.80. The molecule has 0 amide bonds. The predicted molar refractivity (Wildman–Crippen MR) is 68.4 cm³/mol. The summed E-state index contributed by atoms with van der Waals surface area (Å²) in [5.74, 6) is -0.334. The summed E-state index contributed by atoms with van der Waals surface area (Å²) >= 11 is 0. The van der Waals surface area contributed by atoms with Gasteiger partial charge in [-0.15, -0.1) is 0 Å². The molecule has 1 aliphatic carbocycles. The summed E-state index contributed by atoms with van der Waals surface area (Å²) < 4.78 is 0. The number of carbonyl (C=O) groups is 2. The Bertz CT molecular complexity index is 570. The maximum atomic E-state index is 12.2. The van der Waals surface area contributed by atoms with Crippen molar-refractivity contribution in [1.82, 2.24) is 0 Å². The Morgan fingerprint density at radius 2 is 1.71 bits per heavy atom. The van der Waals surface area contributed by atoms with Crippen molar-refractivity contribution in [2.75, 3.05) is 0 Å². The topological polar surface area (TPSA) is 34.1 Å². The van der Waals surface area contributed by atoms with Crippen LogP contribution in [0.15, 0.2) is 35.4 Å². The molecule has 1 aromatic rings. The number of benzene rings is 1. The molecule has 0 heterocycles. The maximum absolute atomic E-state index is 12.2. The van der Waals surface area contributed by atoms with Crippen LogP contribution in [-0.2, 0) is 9.59 Å². The first-order chi connectivity index (χ1) is 8.02. The van der Waals surface area contributed by atoms with E-state index in [9.17, 15) is 9.59 Å². The molecule has 0 N–H and O–H groups in total. The molecular weight excluding hydrogens is 212 g/mol. The molecule has 1 aliphatic rings. The fraction of sp³-hybridized carbons (Fsp3) is 0.200. The molecular formula is C15H14O2. The van der Waals surface area contributed by atoms with Crippen LogP contribution in [-0.4, -0.2) is 11.6 Å². The molecule has 0 aliphatic heterocycles. The number of hydrogen-bond donors (Lipinski definition) is 0. The van der Waals surface area contributed by atoms with Crippen LogP contribution in [0.1, 0.15) is 31.9 Å². The molecule has 17 heavy (non-hydrogen) atoms. The Hall–Kier alpha value is -1.96. The number of hydrogen-bond acceptors (Lipinski definition) is 2. The van der Waals surface area contributed by atoms with Gasteiger partial charge in [0.05, 0.1) is 5.57 Å². The second kappa shape index (κ2) is 4.13. The monoisotopic (exact) mass is 226 g/mol. The molecule has 0 fully saturated rings. The first kappa shape index (κ1) is 11.5. The summed E-state index contributed by atoms with van der Waals surface area (Å²) in [6, 6.07) is 7.66. The lowest BCUT2D eigenvalue weighted by Gasteiger charge is -2.18. The van der Waals surface area contributed by atoms with Crippen molar-refractivity contribution in [2.45, 2.75) is 20.8 Å². The zero-order valence-electron chi connectivity index (χ0n) is 10.2. The smallest absolute Gasteiger partial charge is 0.197 e. The fourth-order valence-corrected chi connectivity index (χ4v) is 2.09. The molecule has 0 radical (unpaired) electrons. The molecule has 0 aromatic heterocycles. The highest BCUT2D eigenvalue weighted by Crippen LogP contribution is 2.32. The van der Waals surface area contributed by atoms with Crippen LogP contribution in [0.2, 0.25) is 0 Å². The molecule has 2 nitrogen and oxygen atoms in total. The molecule has 0 saturated carbocycles. The van der Waals surface area contributed by atoms with Gasteiger partial charge in [0.2, 0.25) is 0 Å². The third-order valence-corrected chi connectivity index (χ3v) is 2.88. The first-order valence-electron chi connectivity index (χ1n) is 5.56. The number of fused-ring (bicyclic) bond motifs is 1. The second-order valence-electron chi connectivity index (χ2n) is 4.41. The van der Waals surface area contributed by atoms with E-state index in [-0.39, 0.29) is 17.1 Å². The Morgan fingerprint density at radius 1 is 1.06 bits per heavy atom.